The second-order valence-electron chi connectivity index (χ2n) is 6.68. The summed E-state index contributed by atoms with van der Waals surface area (Å²) in [5, 5.41) is 0. The highest BCUT2D eigenvalue weighted by atomic mass is 16.1. The van der Waals surface area contributed by atoms with E-state index in [1.165, 1.54) is 32.1 Å². The van der Waals surface area contributed by atoms with Gasteiger partial charge in [-0.3, -0.25) is 4.79 Å². The number of rotatable bonds is 4. The predicted octanol–water partition coefficient (Wildman–Crippen LogP) is 1.65. The maximum atomic E-state index is 10.9. The second-order valence-corrected chi connectivity index (χ2v) is 6.68. The molecule has 4 saturated carbocycles. The van der Waals surface area contributed by atoms with E-state index in [4.69, 9.17) is 11.5 Å². The summed E-state index contributed by atoms with van der Waals surface area (Å²) in [4.78, 5) is 10.9. The number of hydrogen-bond acceptors (Lipinski definition) is 2. The second kappa shape index (κ2) is 4.27. The molecular weight excluding hydrogens is 212 g/mol. The van der Waals surface area contributed by atoms with Gasteiger partial charge in [0.25, 0.3) is 0 Å². The molecule has 4 aliphatic rings. The van der Waals surface area contributed by atoms with Crippen molar-refractivity contribution in [1.82, 2.24) is 0 Å². The first-order valence-electron chi connectivity index (χ1n) is 7.17. The van der Waals surface area contributed by atoms with Crippen molar-refractivity contribution in [3.05, 3.63) is 0 Å². The Hall–Kier alpha value is -0.570. The number of amides is 1. The summed E-state index contributed by atoms with van der Waals surface area (Å²) < 4.78 is 0. The highest BCUT2D eigenvalue weighted by molar-refractivity contribution is 5.73. The Labute approximate surface area is 103 Å². The Morgan fingerprint density at radius 1 is 1.06 bits per heavy atom. The molecule has 3 heteroatoms. The fourth-order valence-electron chi connectivity index (χ4n) is 5.17. The molecule has 0 saturated heterocycles. The average Bonchev–Trinajstić information content (AvgIpc) is 2.24. The van der Waals surface area contributed by atoms with Gasteiger partial charge in [0, 0.05) is 12.5 Å². The molecular formula is C14H24N2O. The molecule has 4 rings (SSSR count). The summed E-state index contributed by atoms with van der Waals surface area (Å²) in [6.07, 6.45) is 8.36. The zero-order chi connectivity index (χ0) is 12.0. The molecule has 1 atom stereocenters. The molecule has 1 unspecified atom stereocenters. The summed E-state index contributed by atoms with van der Waals surface area (Å²) in [6, 6.07) is 0.206. The van der Waals surface area contributed by atoms with Crippen molar-refractivity contribution in [3.8, 4) is 0 Å². The summed E-state index contributed by atoms with van der Waals surface area (Å²) in [5.74, 6) is 4.18. The number of hydrogen-bond donors (Lipinski definition) is 2. The van der Waals surface area contributed by atoms with E-state index in [2.05, 4.69) is 0 Å². The highest BCUT2D eigenvalue weighted by Crippen LogP contribution is 2.57. The number of primary amides is 1. The maximum absolute atomic E-state index is 10.9. The van der Waals surface area contributed by atoms with Gasteiger partial charge < -0.3 is 11.5 Å². The summed E-state index contributed by atoms with van der Waals surface area (Å²) >= 11 is 0. The summed E-state index contributed by atoms with van der Waals surface area (Å²) in [7, 11) is 0. The van der Waals surface area contributed by atoms with Crippen LogP contribution in [0.5, 0.6) is 0 Å². The fraction of sp³-hybridized carbons (Fsp3) is 0.929. The monoisotopic (exact) mass is 236 g/mol. The molecule has 4 fully saturated rings. The van der Waals surface area contributed by atoms with Crippen molar-refractivity contribution in [2.75, 3.05) is 0 Å². The zero-order valence-corrected chi connectivity index (χ0v) is 10.5. The van der Waals surface area contributed by atoms with Crippen LogP contribution in [-0.4, -0.2) is 11.9 Å². The van der Waals surface area contributed by atoms with Crippen LogP contribution in [0.3, 0.4) is 0 Å². The van der Waals surface area contributed by atoms with Crippen LogP contribution < -0.4 is 11.5 Å². The van der Waals surface area contributed by atoms with Crippen LogP contribution in [0.2, 0.25) is 0 Å². The summed E-state index contributed by atoms with van der Waals surface area (Å²) in [6.45, 7) is 0. The molecule has 1 amide bonds. The van der Waals surface area contributed by atoms with Crippen LogP contribution in [-0.2, 0) is 4.79 Å². The van der Waals surface area contributed by atoms with Gasteiger partial charge in [0.2, 0.25) is 5.91 Å². The third-order valence-corrected chi connectivity index (χ3v) is 5.52. The minimum atomic E-state index is -0.204. The molecule has 0 aromatic rings. The number of carbonyl (C=O) groups excluding carboxylic acids is 1. The van der Waals surface area contributed by atoms with Crippen molar-refractivity contribution in [2.24, 2.45) is 41.1 Å². The lowest BCUT2D eigenvalue weighted by Crippen LogP contribution is -2.51. The Kier molecular flexibility index (Phi) is 2.89. The molecule has 4 bridgehead atoms. The third-order valence-electron chi connectivity index (χ3n) is 5.52. The molecule has 17 heavy (non-hydrogen) atoms. The average molecular weight is 236 g/mol. The SMILES string of the molecule is NC(=O)CCC(N)C1C2CC3CC(C2)CC1C3. The van der Waals surface area contributed by atoms with Crippen molar-refractivity contribution >= 4 is 5.91 Å². The van der Waals surface area contributed by atoms with Gasteiger partial charge in [-0.25, -0.2) is 0 Å². The lowest BCUT2D eigenvalue weighted by atomic mass is 9.50. The van der Waals surface area contributed by atoms with Crippen LogP contribution in [0.4, 0.5) is 0 Å². The van der Waals surface area contributed by atoms with E-state index in [1.807, 2.05) is 0 Å². The van der Waals surface area contributed by atoms with Crippen molar-refractivity contribution in [2.45, 2.75) is 51.0 Å². The van der Waals surface area contributed by atoms with E-state index in [1.54, 1.807) is 0 Å². The zero-order valence-electron chi connectivity index (χ0n) is 10.5. The van der Waals surface area contributed by atoms with E-state index >= 15 is 0 Å². The molecule has 0 aromatic carbocycles. The first-order valence-corrected chi connectivity index (χ1v) is 7.17. The largest absolute Gasteiger partial charge is 0.370 e. The molecule has 0 spiro atoms. The minimum Gasteiger partial charge on any atom is -0.370 e. The van der Waals surface area contributed by atoms with E-state index in [-0.39, 0.29) is 11.9 Å². The van der Waals surface area contributed by atoms with Gasteiger partial charge >= 0.3 is 0 Å². The van der Waals surface area contributed by atoms with Gasteiger partial charge in [-0.2, -0.15) is 0 Å². The van der Waals surface area contributed by atoms with Crippen LogP contribution in [0.15, 0.2) is 0 Å². The van der Waals surface area contributed by atoms with Gasteiger partial charge in [0.1, 0.15) is 0 Å². The fourth-order valence-corrected chi connectivity index (χ4v) is 5.17. The highest BCUT2D eigenvalue weighted by Gasteiger charge is 2.49. The molecule has 0 radical (unpaired) electrons. The molecule has 4 N–H and O–H groups in total. The summed E-state index contributed by atoms with van der Waals surface area (Å²) in [5.41, 5.74) is 11.6. The van der Waals surface area contributed by atoms with Crippen LogP contribution >= 0.6 is 0 Å². The molecule has 4 aliphatic carbocycles. The van der Waals surface area contributed by atoms with Crippen LogP contribution in [0.25, 0.3) is 0 Å². The number of nitrogens with two attached hydrogens (primary N) is 2. The van der Waals surface area contributed by atoms with Crippen LogP contribution in [0.1, 0.15) is 44.9 Å². The van der Waals surface area contributed by atoms with Gasteiger partial charge in [-0.15, -0.1) is 0 Å². The van der Waals surface area contributed by atoms with Gasteiger partial charge in [-0.05, 0) is 68.1 Å². The van der Waals surface area contributed by atoms with Gasteiger partial charge in [-0.1, -0.05) is 0 Å². The third kappa shape index (κ3) is 2.10. The van der Waals surface area contributed by atoms with E-state index in [9.17, 15) is 4.79 Å². The van der Waals surface area contributed by atoms with Crippen LogP contribution in [0, 0.1) is 29.6 Å². The lowest BCUT2D eigenvalue weighted by Gasteiger charge is -2.56. The molecule has 0 heterocycles. The Morgan fingerprint density at radius 3 is 2.06 bits per heavy atom. The Morgan fingerprint density at radius 2 is 1.59 bits per heavy atom. The first kappa shape index (κ1) is 11.5. The van der Waals surface area contributed by atoms with Crippen molar-refractivity contribution in [3.63, 3.8) is 0 Å². The lowest BCUT2D eigenvalue weighted by molar-refractivity contribution is -0.118. The van der Waals surface area contributed by atoms with Crippen molar-refractivity contribution in [1.29, 1.82) is 0 Å². The van der Waals surface area contributed by atoms with E-state index in [0.29, 0.717) is 12.3 Å². The Bertz CT molecular complexity index is 287. The molecule has 0 aliphatic heterocycles. The topological polar surface area (TPSA) is 69.1 Å². The molecule has 3 nitrogen and oxygen atoms in total. The predicted molar refractivity (Wildman–Crippen MR) is 66.9 cm³/mol. The minimum absolute atomic E-state index is 0.204. The quantitative estimate of drug-likeness (QED) is 0.779. The maximum Gasteiger partial charge on any atom is 0.217 e. The molecule has 0 aromatic heterocycles. The normalized spacial score (nSPS) is 44.9. The van der Waals surface area contributed by atoms with Gasteiger partial charge in [0.15, 0.2) is 0 Å². The number of carbonyl (C=O) groups is 1. The first-order chi connectivity index (χ1) is 8.13. The van der Waals surface area contributed by atoms with Gasteiger partial charge in [0.05, 0.1) is 0 Å². The smallest absolute Gasteiger partial charge is 0.217 e. The Balaban J connectivity index is 1.65. The van der Waals surface area contributed by atoms with E-state index < -0.39 is 0 Å². The standard InChI is InChI=1S/C14H24N2O/c15-12(1-2-13(16)17)14-10-4-8-3-9(6-10)7-11(14)5-8/h8-12,14H,1-7,15H2,(H2,16,17). The molecule has 96 valence electrons. The van der Waals surface area contributed by atoms with E-state index in [0.717, 1.165) is 30.1 Å². The van der Waals surface area contributed by atoms with Crippen molar-refractivity contribution < 1.29 is 4.79 Å².